The summed E-state index contributed by atoms with van der Waals surface area (Å²) in [4.78, 5) is 27.8. The van der Waals surface area contributed by atoms with Gasteiger partial charge in [0.05, 0.1) is 0 Å². The van der Waals surface area contributed by atoms with Gasteiger partial charge in [-0.1, -0.05) is 64.9 Å². The summed E-state index contributed by atoms with van der Waals surface area (Å²) in [6, 6.07) is 12.6. The molecule has 37 heavy (non-hydrogen) atoms. The molecule has 10 nitrogen and oxygen atoms in total. The molecule has 0 bridgehead atoms. The third kappa shape index (κ3) is 5.35. The van der Waals surface area contributed by atoms with E-state index < -0.39 is 53.0 Å². The minimum absolute atomic E-state index is 0.0560. The summed E-state index contributed by atoms with van der Waals surface area (Å²) in [5.74, 6) is -2.52. The Kier molecular flexibility index (Phi) is 7.07. The van der Waals surface area contributed by atoms with Crippen LogP contribution in [0.1, 0.15) is 24.2 Å². The zero-order valence-corrected chi connectivity index (χ0v) is 19.4. The van der Waals surface area contributed by atoms with Crippen LogP contribution in [-0.4, -0.2) is 45.3 Å². The van der Waals surface area contributed by atoms with Crippen molar-refractivity contribution < 1.29 is 36.9 Å². The van der Waals surface area contributed by atoms with Gasteiger partial charge in [-0.15, -0.1) is 0 Å². The average Bonchev–Trinajstić information content (AvgIpc) is 3.56. The zero-order valence-electron chi connectivity index (χ0n) is 19.4. The number of benzene rings is 2. The van der Waals surface area contributed by atoms with Crippen LogP contribution in [0.2, 0.25) is 0 Å². The number of aromatic nitrogens is 3. The zero-order chi connectivity index (χ0) is 26.7. The van der Waals surface area contributed by atoms with E-state index in [4.69, 9.17) is 9.05 Å². The van der Waals surface area contributed by atoms with Gasteiger partial charge in [0.25, 0.3) is 11.8 Å². The first-order chi connectivity index (χ1) is 17.6. The Morgan fingerprint density at radius 2 is 1.62 bits per heavy atom. The fourth-order valence-corrected chi connectivity index (χ4v) is 3.47. The average molecular weight is 515 g/mol. The monoisotopic (exact) mass is 515 g/mol. The van der Waals surface area contributed by atoms with Crippen LogP contribution in [0.25, 0.3) is 34.3 Å². The molecule has 0 aliphatic carbocycles. The van der Waals surface area contributed by atoms with Gasteiger partial charge in [-0.2, -0.15) is 18.2 Å². The highest BCUT2D eigenvalue weighted by atomic mass is 19.4. The smallest absolute Gasteiger partial charge is 0.378 e. The van der Waals surface area contributed by atoms with Crippen molar-refractivity contribution in [1.29, 1.82) is 0 Å². The van der Waals surface area contributed by atoms with Crippen molar-refractivity contribution in [1.82, 2.24) is 25.9 Å². The molecule has 0 fully saturated rings. The molecule has 0 spiro atoms. The maximum Gasteiger partial charge on any atom is 0.422 e. The summed E-state index contributed by atoms with van der Waals surface area (Å²) >= 11 is 0. The van der Waals surface area contributed by atoms with Crippen molar-refractivity contribution in [3.8, 4) is 34.3 Å². The van der Waals surface area contributed by atoms with Gasteiger partial charge in [0.2, 0.25) is 17.5 Å². The molecule has 0 radical (unpaired) electrons. The van der Waals surface area contributed by atoms with E-state index in [1.807, 2.05) is 0 Å². The number of amides is 2. The Bertz CT molecular complexity index is 1400. The van der Waals surface area contributed by atoms with Crippen LogP contribution >= 0.6 is 0 Å². The predicted molar refractivity (Wildman–Crippen MR) is 122 cm³/mol. The van der Waals surface area contributed by atoms with Gasteiger partial charge in [0.1, 0.15) is 17.3 Å². The predicted octanol–water partition coefficient (Wildman–Crippen LogP) is 3.36. The highest BCUT2D eigenvalue weighted by Crippen LogP contribution is 2.43. The Morgan fingerprint density at radius 1 is 0.946 bits per heavy atom. The number of carbonyl (C=O) groups excluding carboxylic acids is 2. The van der Waals surface area contributed by atoms with E-state index in [2.05, 4.69) is 25.9 Å². The molecule has 3 N–H and O–H groups in total. The maximum absolute atomic E-state index is 13.9. The number of halogens is 3. The number of carbonyl (C=O) groups is 2. The lowest BCUT2D eigenvalue weighted by molar-refractivity contribution is -0.137. The quantitative estimate of drug-likeness (QED) is 0.340. The second-order valence-corrected chi connectivity index (χ2v) is 7.89. The Morgan fingerprint density at radius 3 is 2.24 bits per heavy atom. The molecule has 2 aromatic carbocycles. The standard InChI is InChI=1S/C24H20F3N5O5/c1-12(21(34)28-2)29-22(35)18(33)14-8-10-15(11-9-14)20-30-23(37-32-20)19-16(24(25,26)27)17(31-36-19)13-6-4-3-5-7-13/h3-12,18,33H,1-2H3,(H,28,34)(H,29,35). The van der Waals surface area contributed by atoms with Gasteiger partial charge in [-0.25, -0.2) is 0 Å². The molecule has 4 aromatic rings. The van der Waals surface area contributed by atoms with E-state index >= 15 is 0 Å². The Hall–Kier alpha value is -4.52. The number of rotatable bonds is 7. The molecule has 0 aliphatic heterocycles. The van der Waals surface area contributed by atoms with Gasteiger partial charge in [-0.3, -0.25) is 9.59 Å². The molecule has 4 rings (SSSR count). The highest BCUT2D eigenvalue weighted by molar-refractivity contribution is 5.89. The van der Waals surface area contributed by atoms with Crippen molar-refractivity contribution in [3.63, 3.8) is 0 Å². The molecule has 2 amide bonds. The largest absolute Gasteiger partial charge is 0.422 e. The number of nitrogens with one attached hydrogen (secondary N) is 2. The summed E-state index contributed by atoms with van der Waals surface area (Å²) in [5, 5.41) is 22.3. The molecule has 2 aromatic heterocycles. The first-order valence-electron chi connectivity index (χ1n) is 10.9. The topological polar surface area (TPSA) is 143 Å². The normalized spacial score (nSPS) is 13.1. The third-order valence-corrected chi connectivity index (χ3v) is 5.37. The lowest BCUT2D eigenvalue weighted by Gasteiger charge is -2.16. The lowest BCUT2D eigenvalue weighted by atomic mass is 10.1. The molecule has 2 unspecified atom stereocenters. The van der Waals surface area contributed by atoms with Crippen molar-refractivity contribution in [2.24, 2.45) is 0 Å². The Balaban J connectivity index is 1.57. The molecular formula is C24H20F3N5O5. The fourth-order valence-electron chi connectivity index (χ4n) is 3.47. The van der Waals surface area contributed by atoms with E-state index in [-0.39, 0.29) is 17.0 Å². The van der Waals surface area contributed by atoms with E-state index in [0.29, 0.717) is 5.56 Å². The van der Waals surface area contributed by atoms with Gasteiger partial charge in [0.15, 0.2) is 6.10 Å². The van der Waals surface area contributed by atoms with Crippen LogP contribution in [0, 0.1) is 0 Å². The van der Waals surface area contributed by atoms with Crippen LogP contribution in [0.4, 0.5) is 13.2 Å². The summed E-state index contributed by atoms with van der Waals surface area (Å²) in [6.45, 7) is 1.46. The second kappa shape index (κ2) is 10.2. The lowest BCUT2D eigenvalue weighted by Crippen LogP contribution is -2.45. The van der Waals surface area contributed by atoms with E-state index in [0.717, 1.165) is 0 Å². The number of hydrogen-bond donors (Lipinski definition) is 3. The number of likely N-dealkylation sites (N-methyl/N-ethyl adjacent to an activating group) is 1. The second-order valence-electron chi connectivity index (χ2n) is 7.89. The van der Waals surface area contributed by atoms with Crippen LogP contribution in [0.3, 0.4) is 0 Å². The number of aliphatic hydroxyl groups excluding tert-OH is 1. The summed E-state index contributed by atoms with van der Waals surface area (Å²) < 4.78 is 51.7. The van der Waals surface area contributed by atoms with Crippen LogP contribution in [-0.2, 0) is 15.8 Å². The number of alkyl halides is 3. The highest BCUT2D eigenvalue weighted by Gasteiger charge is 2.43. The van der Waals surface area contributed by atoms with Crippen molar-refractivity contribution in [3.05, 3.63) is 65.7 Å². The summed E-state index contributed by atoms with van der Waals surface area (Å²) in [5.41, 5.74) is -0.820. The fraction of sp³-hybridized carbons (Fsp3) is 0.208. The van der Waals surface area contributed by atoms with Crippen molar-refractivity contribution >= 4 is 11.8 Å². The molecule has 192 valence electrons. The van der Waals surface area contributed by atoms with E-state index in [1.165, 1.54) is 50.4 Å². The first-order valence-corrected chi connectivity index (χ1v) is 10.9. The van der Waals surface area contributed by atoms with Gasteiger partial charge in [0, 0.05) is 18.2 Å². The van der Waals surface area contributed by atoms with E-state index in [9.17, 15) is 27.9 Å². The molecule has 2 atom stereocenters. The minimum Gasteiger partial charge on any atom is -0.378 e. The number of hydrogen-bond acceptors (Lipinski definition) is 8. The summed E-state index contributed by atoms with van der Waals surface area (Å²) in [6.07, 6.45) is -6.38. The maximum atomic E-state index is 13.9. The van der Waals surface area contributed by atoms with Crippen LogP contribution in [0.15, 0.2) is 63.6 Å². The number of nitrogens with zero attached hydrogens (tertiary/aromatic N) is 3. The minimum atomic E-state index is -4.82. The Labute approximate surface area is 207 Å². The molecule has 0 saturated heterocycles. The van der Waals surface area contributed by atoms with Crippen LogP contribution < -0.4 is 10.6 Å². The first kappa shape index (κ1) is 25.6. The SMILES string of the molecule is CNC(=O)C(C)NC(=O)C(O)c1ccc(-c2noc(-c3onc(-c4ccccc4)c3C(F)(F)F)n2)cc1. The molecule has 0 aliphatic rings. The number of aliphatic hydroxyl groups is 1. The van der Waals surface area contributed by atoms with Gasteiger partial charge < -0.3 is 24.8 Å². The molecule has 13 heteroatoms. The van der Waals surface area contributed by atoms with Crippen molar-refractivity contribution in [2.45, 2.75) is 25.2 Å². The molecule has 2 heterocycles. The molecular weight excluding hydrogens is 495 g/mol. The van der Waals surface area contributed by atoms with Crippen molar-refractivity contribution in [2.75, 3.05) is 7.05 Å². The van der Waals surface area contributed by atoms with Gasteiger partial charge >= 0.3 is 6.18 Å². The van der Waals surface area contributed by atoms with E-state index in [1.54, 1.807) is 18.2 Å². The van der Waals surface area contributed by atoms with Gasteiger partial charge in [-0.05, 0) is 12.5 Å². The summed E-state index contributed by atoms with van der Waals surface area (Å²) in [7, 11) is 1.41. The third-order valence-electron chi connectivity index (χ3n) is 5.37. The molecule has 0 saturated carbocycles. The van der Waals surface area contributed by atoms with Crippen LogP contribution in [0.5, 0.6) is 0 Å².